The van der Waals surface area contributed by atoms with E-state index in [1.165, 1.54) is 6.07 Å². The van der Waals surface area contributed by atoms with Gasteiger partial charge in [0.1, 0.15) is 5.69 Å². The third kappa shape index (κ3) is 2.29. The zero-order valence-electron chi connectivity index (χ0n) is 10.0. The molecule has 5 nitrogen and oxygen atoms in total. The molecule has 0 saturated carbocycles. The normalized spacial score (nSPS) is 10.3. The Balaban J connectivity index is 2.60. The summed E-state index contributed by atoms with van der Waals surface area (Å²) in [4.78, 5) is 28.1. The van der Waals surface area contributed by atoms with Crippen LogP contribution >= 0.6 is 0 Å². The van der Waals surface area contributed by atoms with Gasteiger partial charge in [-0.2, -0.15) is 4.98 Å². The molecule has 5 heteroatoms. The smallest absolute Gasteiger partial charge is 0.352 e. The lowest BCUT2D eigenvalue weighted by Gasteiger charge is -2.05. The van der Waals surface area contributed by atoms with Crippen molar-refractivity contribution in [1.29, 1.82) is 0 Å². The van der Waals surface area contributed by atoms with Gasteiger partial charge in [0.25, 0.3) is 0 Å². The summed E-state index contributed by atoms with van der Waals surface area (Å²) >= 11 is 0. The molecule has 0 aliphatic heterocycles. The Morgan fingerprint density at radius 3 is 2.56 bits per heavy atom. The van der Waals surface area contributed by atoms with Crippen molar-refractivity contribution in [2.24, 2.45) is 0 Å². The number of carboxylic acids is 1. The minimum Gasteiger partial charge on any atom is -0.477 e. The fourth-order valence-electron chi connectivity index (χ4n) is 1.62. The largest absolute Gasteiger partial charge is 0.477 e. The van der Waals surface area contributed by atoms with E-state index in [0.29, 0.717) is 5.69 Å². The molecule has 2 rings (SSSR count). The Kier molecular flexibility index (Phi) is 2.97. The highest BCUT2D eigenvalue weighted by Gasteiger charge is 2.09. The first-order chi connectivity index (χ1) is 8.47. The topological polar surface area (TPSA) is 83.0 Å². The van der Waals surface area contributed by atoms with Crippen LogP contribution in [-0.4, -0.2) is 21.0 Å². The second-order valence-corrected chi connectivity index (χ2v) is 4.09. The molecule has 1 heterocycles. The quantitative estimate of drug-likeness (QED) is 0.843. The molecular formula is C13H12N2O3. The van der Waals surface area contributed by atoms with Crippen LogP contribution in [0.15, 0.2) is 29.1 Å². The van der Waals surface area contributed by atoms with Crippen LogP contribution in [0.1, 0.15) is 21.6 Å². The van der Waals surface area contributed by atoms with Gasteiger partial charge in [-0.3, -0.25) is 4.98 Å². The van der Waals surface area contributed by atoms with Gasteiger partial charge >= 0.3 is 11.7 Å². The van der Waals surface area contributed by atoms with E-state index >= 15 is 0 Å². The van der Waals surface area contributed by atoms with E-state index in [1.807, 2.05) is 32.0 Å². The van der Waals surface area contributed by atoms with Gasteiger partial charge in [-0.1, -0.05) is 12.1 Å². The second kappa shape index (κ2) is 4.44. The minimum absolute atomic E-state index is 0.164. The van der Waals surface area contributed by atoms with E-state index in [-0.39, 0.29) is 5.69 Å². The molecule has 0 amide bonds. The van der Waals surface area contributed by atoms with Crippen molar-refractivity contribution in [3.63, 3.8) is 0 Å². The maximum atomic E-state index is 11.3. The number of carboxylic acid groups (broad SMARTS) is 1. The molecule has 0 unspecified atom stereocenters. The molecule has 0 fully saturated rings. The summed E-state index contributed by atoms with van der Waals surface area (Å²) in [5, 5.41) is 8.88. The molecule has 0 aliphatic rings. The second-order valence-electron chi connectivity index (χ2n) is 4.09. The number of aromatic nitrogens is 2. The minimum atomic E-state index is -1.18. The number of benzene rings is 1. The van der Waals surface area contributed by atoms with Crippen LogP contribution in [-0.2, 0) is 0 Å². The van der Waals surface area contributed by atoms with E-state index < -0.39 is 11.7 Å². The van der Waals surface area contributed by atoms with Crippen molar-refractivity contribution in [2.75, 3.05) is 0 Å². The van der Waals surface area contributed by atoms with Gasteiger partial charge in [0.15, 0.2) is 0 Å². The van der Waals surface area contributed by atoms with E-state index in [2.05, 4.69) is 9.97 Å². The molecule has 0 atom stereocenters. The summed E-state index contributed by atoms with van der Waals surface area (Å²) in [7, 11) is 0. The van der Waals surface area contributed by atoms with Crippen LogP contribution in [0.4, 0.5) is 0 Å². The van der Waals surface area contributed by atoms with Crippen LogP contribution < -0.4 is 5.69 Å². The highest BCUT2D eigenvalue weighted by Crippen LogP contribution is 2.19. The lowest BCUT2D eigenvalue weighted by molar-refractivity contribution is 0.0690. The summed E-state index contributed by atoms with van der Waals surface area (Å²) in [6.07, 6.45) is 0. The molecule has 92 valence electrons. The molecule has 18 heavy (non-hydrogen) atoms. The molecule has 2 aromatic rings. The lowest BCUT2D eigenvalue weighted by Crippen LogP contribution is -2.16. The summed E-state index contributed by atoms with van der Waals surface area (Å²) in [6.45, 7) is 3.93. The van der Waals surface area contributed by atoms with Gasteiger partial charge < -0.3 is 5.11 Å². The Hall–Kier alpha value is -2.43. The van der Waals surface area contributed by atoms with Crippen molar-refractivity contribution in [3.8, 4) is 11.3 Å². The monoisotopic (exact) mass is 244 g/mol. The Morgan fingerprint density at radius 1 is 1.22 bits per heavy atom. The zero-order valence-corrected chi connectivity index (χ0v) is 10.0. The summed E-state index contributed by atoms with van der Waals surface area (Å²) in [5.74, 6) is -1.18. The highest BCUT2D eigenvalue weighted by molar-refractivity contribution is 5.86. The maximum absolute atomic E-state index is 11.3. The van der Waals surface area contributed by atoms with Gasteiger partial charge in [-0.15, -0.1) is 0 Å². The summed E-state index contributed by atoms with van der Waals surface area (Å²) in [6, 6.07) is 6.96. The zero-order chi connectivity index (χ0) is 13.3. The standard InChI is InChI=1S/C13H12N2O3/c1-7-3-4-9(5-8(7)2)10-6-11(12(16)17)15-13(18)14-10/h3-6H,1-2H3,(H,16,17)(H,14,15,18). The van der Waals surface area contributed by atoms with Crippen molar-refractivity contribution >= 4 is 5.97 Å². The number of hydrogen-bond acceptors (Lipinski definition) is 3. The Morgan fingerprint density at radius 2 is 1.94 bits per heavy atom. The van der Waals surface area contributed by atoms with Gasteiger partial charge in [0, 0.05) is 5.56 Å². The molecule has 0 spiro atoms. The molecule has 2 N–H and O–H groups in total. The maximum Gasteiger partial charge on any atom is 0.352 e. The third-order valence-corrected chi connectivity index (χ3v) is 2.78. The number of carbonyl (C=O) groups is 1. The molecular weight excluding hydrogens is 232 g/mol. The average molecular weight is 244 g/mol. The molecule has 0 bridgehead atoms. The summed E-state index contributed by atoms with van der Waals surface area (Å²) < 4.78 is 0. The molecule has 0 saturated heterocycles. The fourth-order valence-corrected chi connectivity index (χ4v) is 1.62. The van der Waals surface area contributed by atoms with Crippen LogP contribution in [0.2, 0.25) is 0 Å². The first-order valence-electron chi connectivity index (χ1n) is 5.39. The Bertz CT molecular complexity index is 674. The van der Waals surface area contributed by atoms with Gasteiger partial charge in [-0.25, -0.2) is 9.59 Å². The third-order valence-electron chi connectivity index (χ3n) is 2.78. The van der Waals surface area contributed by atoms with E-state index in [1.54, 1.807) is 0 Å². The van der Waals surface area contributed by atoms with Gasteiger partial charge in [0.2, 0.25) is 0 Å². The predicted molar refractivity (Wildman–Crippen MR) is 66.7 cm³/mol. The van der Waals surface area contributed by atoms with E-state index in [4.69, 9.17) is 5.11 Å². The summed E-state index contributed by atoms with van der Waals surface area (Å²) in [5.41, 5.74) is 2.45. The van der Waals surface area contributed by atoms with Crippen LogP contribution in [0.25, 0.3) is 11.3 Å². The first kappa shape index (κ1) is 12.0. The molecule has 0 aliphatic carbocycles. The number of aromatic amines is 1. The number of aromatic carboxylic acids is 1. The number of aryl methyl sites for hydroxylation is 2. The van der Waals surface area contributed by atoms with E-state index in [0.717, 1.165) is 16.7 Å². The number of hydrogen-bond donors (Lipinski definition) is 2. The van der Waals surface area contributed by atoms with Crippen LogP contribution in [0.5, 0.6) is 0 Å². The van der Waals surface area contributed by atoms with E-state index in [9.17, 15) is 9.59 Å². The van der Waals surface area contributed by atoms with Gasteiger partial charge in [-0.05, 0) is 37.1 Å². The molecule has 1 aromatic carbocycles. The average Bonchev–Trinajstić information content (AvgIpc) is 2.31. The highest BCUT2D eigenvalue weighted by atomic mass is 16.4. The van der Waals surface area contributed by atoms with Crippen LogP contribution in [0.3, 0.4) is 0 Å². The van der Waals surface area contributed by atoms with Crippen molar-refractivity contribution in [1.82, 2.24) is 9.97 Å². The van der Waals surface area contributed by atoms with Crippen molar-refractivity contribution in [2.45, 2.75) is 13.8 Å². The number of nitrogens with one attached hydrogen (secondary N) is 1. The first-order valence-corrected chi connectivity index (χ1v) is 5.39. The molecule has 1 aromatic heterocycles. The number of rotatable bonds is 2. The molecule has 0 radical (unpaired) electrons. The Labute approximate surface area is 103 Å². The van der Waals surface area contributed by atoms with Crippen molar-refractivity contribution in [3.05, 3.63) is 51.6 Å². The SMILES string of the molecule is Cc1ccc(-c2cc(C(=O)O)[nH]c(=O)n2)cc1C. The predicted octanol–water partition coefficient (Wildman–Crippen LogP) is 1.75. The van der Waals surface area contributed by atoms with Crippen molar-refractivity contribution < 1.29 is 9.90 Å². The van der Waals surface area contributed by atoms with Gasteiger partial charge in [0.05, 0.1) is 5.69 Å². The fraction of sp³-hybridized carbons (Fsp3) is 0.154. The number of nitrogens with zero attached hydrogens (tertiary/aromatic N) is 1. The number of H-pyrrole nitrogens is 1. The lowest BCUT2D eigenvalue weighted by atomic mass is 10.0. The van der Waals surface area contributed by atoms with Crippen LogP contribution in [0, 0.1) is 13.8 Å².